The SMILES string of the molecule is C#Cc1cccc(Nc2ncnc3ccc(CC(=O)N4CCN(C(C)C)CC4)cc23)c1. The fourth-order valence-electron chi connectivity index (χ4n) is 3.91. The van der Waals surface area contributed by atoms with Crippen molar-refractivity contribution in [3.63, 3.8) is 0 Å². The third-order valence-electron chi connectivity index (χ3n) is 5.74. The van der Waals surface area contributed by atoms with Gasteiger partial charge in [0.1, 0.15) is 12.1 Å². The molecule has 0 bridgehead atoms. The van der Waals surface area contributed by atoms with Gasteiger partial charge < -0.3 is 10.2 Å². The molecule has 0 spiro atoms. The predicted molar refractivity (Wildman–Crippen MR) is 124 cm³/mol. The van der Waals surface area contributed by atoms with E-state index in [9.17, 15) is 4.79 Å². The van der Waals surface area contributed by atoms with Crippen LogP contribution >= 0.6 is 0 Å². The highest BCUT2D eigenvalue weighted by Gasteiger charge is 2.22. The lowest BCUT2D eigenvalue weighted by atomic mass is 10.1. The number of anilines is 2. The molecule has 158 valence electrons. The van der Waals surface area contributed by atoms with Gasteiger partial charge >= 0.3 is 0 Å². The van der Waals surface area contributed by atoms with Crippen LogP contribution in [-0.2, 0) is 11.2 Å². The van der Waals surface area contributed by atoms with Crippen molar-refractivity contribution in [2.45, 2.75) is 26.3 Å². The average Bonchev–Trinajstić information content (AvgIpc) is 2.79. The summed E-state index contributed by atoms with van der Waals surface area (Å²) in [4.78, 5) is 26.0. The van der Waals surface area contributed by atoms with Crippen molar-refractivity contribution in [2.24, 2.45) is 0 Å². The Morgan fingerprint density at radius 1 is 1.13 bits per heavy atom. The van der Waals surface area contributed by atoms with Gasteiger partial charge in [0.05, 0.1) is 11.9 Å². The van der Waals surface area contributed by atoms with Crippen LogP contribution in [0.2, 0.25) is 0 Å². The summed E-state index contributed by atoms with van der Waals surface area (Å²) in [5, 5.41) is 4.21. The molecule has 3 aromatic rings. The lowest BCUT2D eigenvalue weighted by Gasteiger charge is -2.37. The van der Waals surface area contributed by atoms with Gasteiger partial charge in [0, 0.05) is 48.9 Å². The number of hydrogen-bond acceptors (Lipinski definition) is 5. The van der Waals surface area contributed by atoms with Crippen LogP contribution in [0.15, 0.2) is 48.8 Å². The highest BCUT2D eigenvalue weighted by Crippen LogP contribution is 2.25. The van der Waals surface area contributed by atoms with Crippen molar-refractivity contribution in [1.82, 2.24) is 19.8 Å². The van der Waals surface area contributed by atoms with Gasteiger partial charge in [-0.25, -0.2) is 9.97 Å². The number of aromatic nitrogens is 2. The van der Waals surface area contributed by atoms with Gasteiger partial charge in [-0.1, -0.05) is 18.1 Å². The van der Waals surface area contributed by atoms with Gasteiger partial charge in [-0.2, -0.15) is 0 Å². The Hall–Kier alpha value is -3.43. The van der Waals surface area contributed by atoms with Crippen LogP contribution in [-0.4, -0.2) is 57.9 Å². The second kappa shape index (κ2) is 9.15. The maximum Gasteiger partial charge on any atom is 0.227 e. The molecule has 0 saturated carbocycles. The first-order valence-corrected chi connectivity index (χ1v) is 10.6. The van der Waals surface area contributed by atoms with Crippen LogP contribution in [0.25, 0.3) is 10.9 Å². The third kappa shape index (κ3) is 4.84. The highest BCUT2D eigenvalue weighted by molar-refractivity contribution is 5.92. The van der Waals surface area contributed by atoms with Gasteiger partial charge in [0.2, 0.25) is 5.91 Å². The number of piperazine rings is 1. The molecule has 1 amide bonds. The lowest BCUT2D eigenvalue weighted by Crippen LogP contribution is -2.51. The van der Waals surface area contributed by atoms with Crippen LogP contribution in [0.4, 0.5) is 11.5 Å². The molecule has 2 heterocycles. The van der Waals surface area contributed by atoms with Crippen molar-refractivity contribution in [3.05, 3.63) is 59.9 Å². The van der Waals surface area contributed by atoms with Crippen LogP contribution in [0.3, 0.4) is 0 Å². The quantitative estimate of drug-likeness (QED) is 0.649. The normalized spacial score (nSPS) is 14.6. The van der Waals surface area contributed by atoms with E-state index in [0.29, 0.717) is 18.3 Å². The topological polar surface area (TPSA) is 61.4 Å². The minimum absolute atomic E-state index is 0.163. The largest absolute Gasteiger partial charge is 0.340 e. The summed E-state index contributed by atoms with van der Waals surface area (Å²) in [6.07, 6.45) is 7.42. The number of carbonyl (C=O) groups is 1. The Kier molecular flexibility index (Phi) is 6.15. The van der Waals surface area contributed by atoms with Crippen LogP contribution in [0, 0.1) is 12.3 Å². The van der Waals surface area contributed by atoms with E-state index >= 15 is 0 Å². The van der Waals surface area contributed by atoms with Crippen molar-refractivity contribution >= 4 is 28.3 Å². The van der Waals surface area contributed by atoms with E-state index in [1.165, 1.54) is 6.33 Å². The summed E-state index contributed by atoms with van der Waals surface area (Å²) in [5.74, 6) is 3.50. The van der Waals surface area contributed by atoms with Gasteiger partial charge in [-0.05, 0) is 49.7 Å². The molecule has 1 aromatic heterocycles. The molecule has 2 aromatic carbocycles. The summed E-state index contributed by atoms with van der Waals surface area (Å²) in [6, 6.07) is 14.1. The molecular weight excluding hydrogens is 386 g/mol. The molecule has 1 aliphatic heterocycles. The van der Waals surface area contributed by atoms with Gasteiger partial charge in [-0.15, -0.1) is 6.42 Å². The molecule has 0 aliphatic carbocycles. The van der Waals surface area contributed by atoms with Crippen LogP contribution in [0.5, 0.6) is 0 Å². The summed E-state index contributed by atoms with van der Waals surface area (Å²) in [7, 11) is 0. The van der Waals surface area contributed by atoms with Gasteiger partial charge in [-0.3, -0.25) is 9.69 Å². The van der Waals surface area contributed by atoms with Gasteiger partial charge in [0.15, 0.2) is 0 Å². The molecule has 6 heteroatoms. The monoisotopic (exact) mass is 413 g/mol. The smallest absolute Gasteiger partial charge is 0.227 e. The molecule has 31 heavy (non-hydrogen) atoms. The van der Waals surface area contributed by atoms with Crippen molar-refractivity contribution in [1.29, 1.82) is 0 Å². The molecule has 0 atom stereocenters. The molecule has 1 aliphatic rings. The molecule has 0 unspecified atom stereocenters. The Morgan fingerprint density at radius 3 is 2.68 bits per heavy atom. The number of terminal acetylenes is 1. The molecule has 1 N–H and O–H groups in total. The van der Waals surface area contributed by atoms with E-state index in [-0.39, 0.29) is 5.91 Å². The second-order valence-corrected chi connectivity index (χ2v) is 8.11. The highest BCUT2D eigenvalue weighted by atomic mass is 16.2. The zero-order valence-corrected chi connectivity index (χ0v) is 18.0. The van der Waals surface area contributed by atoms with Crippen molar-refractivity contribution in [3.8, 4) is 12.3 Å². The first-order chi connectivity index (χ1) is 15.0. The number of nitrogens with zero attached hydrogens (tertiary/aromatic N) is 4. The summed E-state index contributed by atoms with van der Waals surface area (Å²) in [6.45, 7) is 7.82. The summed E-state index contributed by atoms with van der Waals surface area (Å²) < 4.78 is 0. The fourth-order valence-corrected chi connectivity index (χ4v) is 3.91. The number of carbonyl (C=O) groups excluding carboxylic acids is 1. The van der Waals surface area contributed by atoms with Crippen LogP contribution in [0.1, 0.15) is 25.0 Å². The Morgan fingerprint density at radius 2 is 1.94 bits per heavy atom. The zero-order chi connectivity index (χ0) is 21.8. The number of hydrogen-bond donors (Lipinski definition) is 1. The molecular formula is C25H27N5O. The zero-order valence-electron chi connectivity index (χ0n) is 18.0. The standard InChI is InChI=1S/C25H27N5O/c1-4-19-6-5-7-21(14-19)28-25-22-15-20(8-9-23(22)26-17-27-25)16-24(31)30-12-10-29(11-13-30)18(2)3/h1,5-9,14-15,17-18H,10-13,16H2,2-3H3,(H,26,27,28). The molecule has 1 saturated heterocycles. The first-order valence-electron chi connectivity index (χ1n) is 10.6. The lowest BCUT2D eigenvalue weighted by molar-refractivity contribution is -0.132. The van der Waals surface area contributed by atoms with E-state index in [1.54, 1.807) is 0 Å². The average molecular weight is 414 g/mol. The Balaban J connectivity index is 1.51. The Bertz CT molecular complexity index is 1130. The molecule has 6 nitrogen and oxygen atoms in total. The maximum atomic E-state index is 12.9. The molecule has 4 rings (SSSR count). The fraction of sp³-hybridized carbons (Fsp3) is 0.320. The van der Waals surface area contributed by atoms with E-state index in [2.05, 4.69) is 40.0 Å². The minimum atomic E-state index is 0.163. The third-order valence-corrected chi connectivity index (χ3v) is 5.74. The number of fused-ring (bicyclic) bond motifs is 1. The van der Waals surface area contributed by atoms with E-state index in [1.807, 2.05) is 47.4 Å². The maximum absolute atomic E-state index is 12.9. The number of rotatable bonds is 5. The number of benzene rings is 2. The van der Waals surface area contributed by atoms with Crippen LogP contribution < -0.4 is 5.32 Å². The number of amides is 1. The predicted octanol–water partition coefficient (Wildman–Crippen LogP) is 3.45. The minimum Gasteiger partial charge on any atom is -0.340 e. The van der Waals surface area contributed by atoms with Crippen molar-refractivity contribution < 1.29 is 4.79 Å². The molecule has 1 fully saturated rings. The summed E-state index contributed by atoms with van der Waals surface area (Å²) >= 11 is 0. The van der Waals surface area contributed by atoms with E-state index in [4.69, 9.17) is 6.42 Å². The van der Waals surface area contributed by atoms with E-state index in [0.717, 1.165) is 53.9 Å². The summed E-state index contributed by atoms with van der Waals surface area (Å²) in [5.41, 5.74) is 3.44. The molecule has 0 radical (unpaired) electrons. The number of nitrogens with one attached hydrogen (secondary N) is 1. The first kappa shape index (κ1) is 20.8. The van der Waals surface area contributed by atoms with Crippen molar-refractivity contribution in [2.75, 3.05) is 31.5 Å². The van der Waals surface area contributed by atoms with Gasteiger partial charge in [0.25, 0.3) is 0 Å². The van der Waals surface area contributed by atoms with E-state index < -0.39 is 0 Å². The Labute approximate surface area is 183 Å². The second-order valence-electron chi connectivity index (χ2n) is 8.11.